The standard InChI is InChI=1S/C23H20N4O3/c1-14(2)19(27-22(29)17-10-6-7-11-18(17)23(27)30)21(28)26-16-12-24-20(25-13-16)15-8-4-3-5-9-15/h3-14,19H,1-2H3,(H,26,28). The molecule has 0 saturated heterocycles. The lowest BCUT2D eigenvalue weighted by Crippen LogP contribution is -2.50. The number of hydrogen-bond acceptors (Lipinski definition) is 5. The van der Waals surface area contributed by atoms with E-state index >= 15 is 0 Å². The van der Waals surface area contributed by atoms with Gasteiger partial charge in [0.2, 0.25) is 5.91 Å². The van der Waals surface area contributed by atoms with Crippen molar-refractivity contribution in [2.24, 2.45) is 5.92 Å². The molecule has 7 nitrogen and oxygen atoms in total. The quantitative estimate of drug-likeness (QED) is 0.663. The fourth-order valence-electron chi connectivity index (χ4n) is 3.52. The third-order valence-electron chi connectivity index (χ3n) is 4.96. The van der Waals surface area contributed by atoms with Gasteiger partial charge in [-0.15, -0.1) is 0 Å². The fourth-order valence-corrected chi connectivity index (χ4v) is 3.52. The first-order valence-corrected chi connectivity index (χ1v) is 9.62. The Bertz CT molecular complexity index is 1080. The van der Waals surface area contributed by atoms with Gasteiger partial charge in [0.15, 0.2) is 5.82 Å². The molecule has 0 bridgehead atoms. The van der Waals surface area contributed by atoms with Crippen LogP contribution in [0.2, 0.25) is 0 Å². The lowest BCUT2D eigenvalue weighted by atomic mass is 10.0. The molecule has 2 heterocycles. The van der Waals surface area contributed by atoms with Crippen molar-refractivity contribution in [1.29, 1.82) is 0 Å². The first-order valence-electron chi connectivity index (χ1n) is 9.62. The van der Waals surface area contributed by atoms with Crippen LogP contribution in [0.15, 0.2) is 67.0 Å². The van der Waals surface area contributed by atoms with Crippen LogP contribution in [0.5, 0.6) is 0 Å². The normalized spacial score (nSPS) is 14.0. The van der Waals surface area contributed by atoms with Crippen LogP contribution >= 0.6 is 0 Å². The van der Waals surface area contributed by atoms with E-state index < -0.39 is 23.8 Å². The van der Waals surface area contributed by atoms with Gasteiger partial charge in [-0.2, -0.15) is 0 Å². The van der Waals surface area contributed by atoms with Gasteiger partial charge in [0.1, 0.15) is 6.04 Å². The van der Waals surface area contributed by atoms with E-state index in [1.54, 1.807) is 38.1 Å². The molecule has 1 atom stereocenters. The largest absolute Gasteiger partial charge is 0.322 e. The molecule has 0 saturated carbocycles. The van der Waals surface area contributed by atoms with Crippen LogP contribution < -0.4 is 5.32 Å². The van der Waals surface area contributed by atoms with E-state index in [9.17, 15) is 14.4 Å². The molecular formula is C23H20N4O3. The van der Waals surface area contributed by atoms with Crippen LogP contribution in [0.4, 0.5) is 5.69 Å². The van der Waals surface area contributed by atoms with E-state index in [0.29, 0.717) is 22.6 Å². The summed E-state index contributed by atoms with van der Waals surface area (Å²) in [7, 11) is 0. The molecule has 150 valence electrons. The fraction of sp³-hybridized carbons (Fsp3) is 0.174. The SMILES string of the molecule is CC(C)C(C(=O)Nc1cnc(-c2ccccc2)nc1)N1C(=O)c2ccccc2C1=O. The van der Waals surface area contributed by atoms with E-state index in [1.807, 2.05) is 30.3 Å². The average Bonchev–Trinajstić information content (AvgIpc) is 3.00. The minimum absolute atomic E-state index is 0.281. The van der Waals surface area contributed by atoms with Gasteiger partial charge in [-0.05, 0) is 18.1 Å². The Morgan fingerprint density at radius 3 is 1.93 bits per heavy atom. The van der Waals surface area contributed by atoms with Crippen molar-refractivity contribution in [3.8, 4) is 11.4 Å². The van der Waals surface area contributed by atoms with Gasteiger partial charge >= 0.3 is 0 Å². The molecule has 0 radical (unpaired) electrons. The second-order valence-corrected chi connectivity index (χ2v) is 7.37. The Hall–Kier alpha value is -3.87. The molecule has 3 amide bonds. The summed E-state index contributed by atoms with van der Waals surface area (Å²) in [5, 5.41) is 2.74. The zero-order valence-electron chi connectivity index (χ0n) is 16.6. The van der Waals surface area contributed by atoms with Crippen molar-refractivity contribution in [3.05, 3.63) is 78.1 Å². The van der Waals surface area contributed by atoms with Crippen LogP contribution in [-0.4, -0.2) is 38.6 Å². The number of amides is 3. The summed E-state index contributed by atoms with van der Waals surface area (Å²) in [4.78, 5) is 48.3. The highest BCUT2D eigenvalue weighted by atomic mass is 16.2. The van der Waals surface area contributed by atoms with Crippen molar-refractivity contribution >= 4 is 23.4 Å². The predicted octanol–water partition coefficient (Wildman–Crippen LogP) is 3.40. The number of hydrogen-bond donors (Lipinski definition) is 1. The molecule has 0 fully saturated rings. The number of rotatable bonds is 5. The Kier molecular flexibility index (Phi) is 5.10. The number of carbonyl (C=O) groups excluding carboxylic acids is 3. The van der Waals surface area contributed by atoms with Crippen molar-refractivity contribution in [3.63, 3.8) is 0 Å². The summed E-state index contributed by atoms with van der Waals surface area (Å²) in [6.07, 6.45) is 3.01. The zero-order chi connectivity index (χ0) is 21.3. The van der Waals surface area contributed by atoms with Gasteiger partial charge in [0.25, 0.3) is 11.8 Å². The summed E-state index contributed by atoms with van der Waals surface area (Å²) in [5.74, 6) is -1.12. The summed E-state index contributed by atoms with van der Waals surface area (Å²) in [6, 6.07) is 15.1. The topological polar surface area (TPSA) is 92.3 Å². The van der Waals surface area contributed by atoms with Gasteiger partial charge in [-0.25, -0.2) is 9.97 Å². The predicted molar refractivity (Wildman–Crippen MR) is 112 cm³/mol. The van der Waals surface area contributed by atoms with E-state index in [1.165, 1.54) is 12.4 Å². The summed E-state index contributed by atoms with van der Waals surface area (Å²) < 4.78 is 0. The lowest BCUT2D eigenvalue weighted by Gasteiger charge is -2.28. The minimum Gasteiger partial charge on any atom is -0.322 e. The van der Waals surface area contributed by atoms with Crippen LogP contribution in [0.1, 0.15) is 34.6 Å². The number of imide groups is 1. The molecule has 1 aliphatic heterocycles. The van der Waals surface area contributed by atoms with Crippen molar-refractivity contribution < 1.29 is 14.4 Å². The first kappa shape index (κ1) is 19.4. The van der Waals surface area contributed by atoms with E-state index in [-0.39, 0.29) is 5.92 Å². The highest BCUT2D eigenvalue weighted by Gasteiger charge is 2.43. The van der Waals surface area contributed by atoms with Crippen LogP contribution in [0, 0.1) is 5.92 Å². The number of nitrogens with zero attached hydrogens (tertiary/aromatic N) is 3. The summed E-state index contributed by atoms with van der Waals surface area (Å²) >= 11 is 0. The zero-order valence-corrected chi connectivity index (χ0v) is 16.6. The maximum absolute atomic E-state index is 13.0. The van der Waals surface area contributed by atoms with Gasteiger partial charge in [-0.1, -0.05) is 56.3 Å². The number of anilines is 1. The second kappa shape index (κ2) is 7.87. The highest BCUT2D eigenvalue weighted by molar-refractivity contribution is 6.23. The number of nitrogens with one attached hydrogen (secondary N) is 1. The van der Waals surface area contributed by atoms with Crippen LogP contribution in [0.25, 0.3) is 11.4 Å². The lowest BCUT2D eigenvalue weighted by molar-refractivity contribution is -0.121. The minimum atomic E-state index is -0.953. The molecule has 4 rings (SSSR count). The second-order valence-electron chi connectivity index (χ2n) is 7.37. The Labute approximate surface area is 173 Å². The molecule has 30 heavy (non-hydrogen) atoms. The molecule has 1 aromatic heterocycles. The molecule has 3 aromatic rings. The molecule has 1 unspecified atom stereocenters. The number of fused-ring (bicyclic) bond motifs is 1. The van der Waals surface area contributed by atoms with Gasteiger partial charge < -0.3 is 5.32 Å². The number of carbonyl (C=O) groups is 3. The molecule has 1 N–H and O–H groups in total. The van der Waals surface area contributed by atoms with E-state index in [2.05, 4.69) is 15.3 Å². The maximum Gasteiger partial charge on any atom is 0.262 e. The summed E-state index contributed by atoms with van der Waals surface area (Å²) in [5.41, 5.74) is 1.89. The molecular weight excluding hydrogens is 380 g/mol. The Morgan fingerprint density at radius 2 is 1.40 bits per heavy atom. The Balaban J connectivity index is 1.55. The smallest absolute Gasteiger partial charge is 0.262 e. The Morgan fingerprint density at radius 1 is 0.867 bits per heavy atom. The first-order chi connectivity index (χ1) is 14.5. The van der Waals surface area contributed by atoms with Gasteiger partial charge in [0.05, 0.1) is 29.2 Å². The van der Waals surface area contributed by atoms with Crippen molar-refractivity contribution in [2.75, 3.05) is 5.32 Å². The molecule has 7 heteroatoms. The van der Waals surface area contributed by atoms with Crippen LogP contribution in [-0.2, 0) is 4.79 Å². The third-order valence-corrected chi connectivity index (χ3v) is 4.96. The molecule has 2 aromatic carbocycles. The number of aromatic nitrogens is 2. The van der Waals surface area contributed by atoms with Crippen molar-refractivity contribution in [1.82, 2.24) is 14.9 Å². The highest BCUT2D eigenvalue weighted by Crippen LogP contribution is 2.27. The van der Waals surface area contributed by atoms with E-state index in [0.717, 1.165) is 10.5 Å². The molecule has 0 spiro atoms. The van der Waals surface area contributed by atoms with E-state index in [4.69, 9.17) is 0 Å². The third kappa shape index (κ3) is 3.45. The van der Waals surface area contributed by atoms with Gasteiger partial charge in [-0.3, -0.25) is 19.3 Å². The molecule has 1 aliphatic rings. The molecule has 0 aliphatic carbocycles. The van der Waals surface area contributed by atoms with Crippen LogP contribution in [0.3, 0.4) is 0 Å². The monoisotopic (exact) mass is 400 g/mol. The maximum atomic E-state index is 13.0. The number of benzene rings is 2. The average molecular weight is 400 g/mol. The summed E-state index contributed by atoms with van der Waals surface area (Å²) in [6.45, 7) is 3.59. The van der Waals surface area contributed by atoms with Crippen molar-refractivity contribution in [2.45, 2.75) is 19.9 Å². The van der Waals surface area contributed by atoms with Gasteiger partial charge in [0, 0.05) is 5.56 Å².